The maximum absolute atomic E-state index is 12.5. The van der Waals surface area contributed by atoms with Crippen LogP contribution in [0.5, 0.6) is 0 Å². The SMILES string of the molecule is C[C@@H]1CCC[C@@H]2C(=O)O[C@H]3[C@@H]2[C@H](CC3(C)C)C1=O. The Labute approximate surface area is 108 Å². The Morgan fingerprint density at radius 3 is 2.61 bits per heavy atom. The lowest BCUT2D eigenvalue weighted by Gasteiger charge is -2.26. The lowest BCUT2D eigenvalue weighted by atomic mass is 9.74. The first-order valence-electron chi connectivity index (χ1n) is 7.16. The third kappa shape index (κ3) is 1.55. The Hall–Kier alpha value is -0.860. The number of ketones is 1. The number of ether oxygens (including phenoxy) is 1. The van der Waals surface area contributed by atoms with Crippen LogP contribution in [0.15, 0.2) is 0 Å². The average molecular weight is 250 g/mol. The maximum atomic E-state index is 12.5. The standard InChI is InChI=1S/C15H22O3/c1-8-5-4-6-9-11-10(12(8)16)7-15(2,3)13(11)18-14(9)17/h8-11,13H,4-7H2,1-3H3/t8-,9+,10+,11+,13+/m1/s1. The number of hydrogen-bond donors (Lipinski definition) is 0. The van der Waals surface area contributed by atoms with Gasteiger partial charge in [-0.15, -0.1) is 0 Å². The predicted octanol–water partition coefficient (Wildman–Crippen LogP) is 2.58. The van der Waals surface area contributed by atoms with Crippen molar-refractivity contribution in [3.05, 3.63) is 0 Å². The third-order valence-corrected chi connectivity index (χ3v) is 5.34. The lowest BCUT2D eigenvalue weighted by Crippen LogP contribution is -2.33. The van der Waals surface area contributed by atoms with Crippen LogP contribution >= 0.6 is 0 Å². The van der Waals surface area contributed by atoms with Crippen molar-refractivity contribution < 1.29 is 14.3 Å². The number of Topliss-reactive ketones (excluding diaryl/α,β-unsaturated/α-hetero) is 1. The second-order valence-electron chi connectivity index (χ2n) is 7.07. The first-order valence-corrected chi connectivity index (χ1v) is 7.16. The van der Waals surface area contributed by atoms with E-state index in [1.807, 2.05) is 6.92 Å². The van der Waals surface area contributed by atoms with E-state index in [1.165, 1.54) is 0 Å². The summed E-state index contributed by atoms with van der Waals surface area (Å²) in [5.74, 6) is 0.669. The van der Waals surface area contributed by atoms with E-state index in [9.17, 15) is 9.59 Å². The largest absolute Gasteiger partial charge is 0.461 e. The Balaban J connectivity index is 2.00. The molecule has 18 heavy (non-hydrogen) atoms. The summed E-state index contributed by atoms with van der Waals surface area (Å²) in [6.07, 6.45) is 3.66. The van der Waals surface area contributed by atoms with Gasteiger partial charge in [0.05, 0.1) is 5.92 Å². The second-order valence-corrected chi connectivity index (χ2v) is 7.07. The van der Waals surface area contributed by atoms with Crippen molar-refractivity contribution >= 4 is 11.8 Å². The first-order chi connectivity index (χ1) is 8.42. The van der Waals surface area contributed by atoms with E-state index >= 15 is 0 Å². The summed E-state index contributed by atoms with van der Waals surface area (Å²) in [7, 11) is 0. The van der Waals surface area contributed by atoms with Crippen molar-refractivity contribution in [2.45, 2.75) is 52.6 Å². The van der Waals surface area contributed by atoms with E-state index in [2.05, 4.69) is 13.8 Å². The lowest BCUT2D eigenvalue weighted by molar-refractivity contribution is -0.148. The van der Waals surface area contributed by atoms with Crippen molar-refractivity contribution in [1.29, 1.82) is 0 Å². The average Bonchev–Trinajstić information content (AvgIpc) is 2.73. The topological polar surface area (TPSA) is 43.4 Å². The smallest absolute Gasteiger partial charge is 0.309 e. The molecule has 1 saturated heterocycles. The molecule has 100 valence electrons. The molecule has 0 aromatic rings. The van der Waals surface area contributed by atoms with Gasteiger partial charge in [0.25, 0.3) is 0 Å². The van der Waals surface area contributed by atoms with Gasteiger partial charge in [0, 0.05) is 23.2 Å². The van der Waals surface area contributed by atoms with Crippen LogP contribution in [0.1, 0.15) is 46.5 Å². The molecular weight excluding hydrogens is 228 g/mol. The molecular formula is C15H22O3. The van der Waals surface area contributed by atoms with Gasteiger partial charge in [-0.25, -0.2) is 0 Å². The molecule has 3 aliphatic rings. The molecule has 3 fully saturated rings. The summed E-state index contributed by atoms with van der Waals surface area (Å²) in [6.45, 7) is 6.31. The van der Waals surface area contributed by atoms with Crippen LogP contribution in [0.25, 0.3) is 0 Å². The highest BCUT2D eigenvalue weighted by Gasteiger charge is 2.61. The van der Waals surface area contributed by atoms with Crippen molar-refractivity contribution in [2.75, 3.05) is 0 Å². The van der Waals surface area contributed by atoms with E-state index in [-0.39, 0.29) is 41.2 Å². The van der Waals surface area contributed by atoms with Gasteiger partial charge in [0.2, 0.25) is 0 Å². The summed E-state index contributed by atoms with van der Waals surface area (Å²) in [5, 5.41) is 0. The monoisotopic (exact) mass is 250 g/mol. The molecule has 2 saturated carbocycles. The molecule has 3 nitrogen and oxygen atoms in total. The highest BCUT2D eigenvalue weighted by Crippen LogP contribution is 2.56. The minimum Gasteiger partial charge on any atom is -0.461 e. The molecule has 0 spiro atoms. The molecule has 3 heteroatoms. The van der Waals surface area contributed by atoms with Crippen molar-refractivity contribution in [3.8, 4) is 0 Å². The number of rotatable bonds is 0. The molecule has 0 radical (unpaired) electrons. The van der Waals surface area contributed by atoms with Crippen LogP contribution in [0.4, 0.5) is 0 Å². The zero-order valence-corrected chi connectivity index (χ0v) is 11.4. The van der Waals surface area contributed by atoms with Gasteiger partial charge in [0.15, 0.2) is 0 Å². The predicted molar refractivity (Wildman–Crippen MR) is 66.8 cm³/mol. The van der Waals surface area contributed by atoms with Gasteiger partial charge in [-0.1, -0.05) is 27.2 Å². The van der Waals surface area contributed by atoms with Crippen LogP contribution in [0, 0.1) is 29.1 Å². The molecule has 0 unspecified atom stereocenters. The van der Waals surface area contributed by atoms with Gasteiger partial charge in [-0.05, 0) is 19.3 Å². The van der Waals surface area contributed by atoms with Gasteiger partial charge < -0.3 is 4.74 Å². The summed E-state index contributed by atoms with van der Waals surface area (Å²) >= 11 is 0. The Bertz CT molecular complexity index is 399. The number of esters is 1. The highest BCUT2D eigenvalue weighted by atomic mass is 16.6. The Morgan fingerprint density at radius 1 is 1.17 bits per heavy atom. The molecule has 5 atom stereocenters. The first kappa shape index (κ1) is 12.2. The number of carbonyl (C=O) groups excluding carboxylic acids is 2. The summed E-state index contributed by atoms with van der Waals surface area (Å²) < 4.78 is 5.62. The minimum absolute atomic E-state index is 0.0155. The van der Waals surface area contributed by atoms with Crippen molar-refractivity contribution in [1.82, 2.24) is 0 Å². The van der Waals surface area contributed by atoms with E-state index in [0.717, 1.165) is 25.7 Å². The van der Waals surface area contributed by atoms with Crippen LogP contribution < -0.4 is 0 Å². The van der Waals surface area contributed by atoms with Gasteiger partial charge >= 0.3 is 5.97 Å². The van der Waals surface area contributed by atoms with Crippen LogP contribution in [-0.2, 0) is 14.3 Å². The van der Waals surface area contributed by atoms with Crippen LogP contribution in [-0.4, -0.2) is 17.9 Å². The molecule has 0 amide bonds. The fourth-order valence-electron chi connectivity index (χ4n) is 4.40. The maximum Gasteiger partial charge on any atom is 0.309 e. The summed E-state index contributed by atoms with van der Waals surface area (Å²) in [5.41, 5.74) is -0.0422. The summed E-state index contributed by atoms with van der Waals surface area (Å²) in [6, 6.07) is 0. The number of carbonyl (C=O) groups is 2. The second kappa shape index (κ2) is 3.82. The minimum atomic E-state index is -0.0508. The van der Waals surface area contributed by atoms with Gasteiger partial charge in [0.1, 0.15) is 11.9 Å². The molecule has 0 aromatic carbocycles. The molecule has 0 aromatic heterocycles. The van der Waals surface area contributed by atoms with E-state index in [4.69, 9.17) is 4.74 Å². The number of hydrogen-bond acceptors (Lipinski definition) is 3. The normalized spacial score (nSPS) is 46.3. The Morgan fingerprint density at radius 2 is 1.89 bits per heavy atom. The fraction of sp³-hybridized carbons (Fsp3) is 0.867. The molecule has 0 bridgehead atoms. The van der Waals surface area contributed by atoms with E-state index < -0.39 is 0 Å². The fourth-order valence-corrected chi connectivity index (χ4v) is 4.40. The quantitative estimate of drug-likeness (QED) is 0.621. The van der Waals surface area contributed by atoms with E-state index in [1.54, 1.807) is 0 Å². The van der Waals surface area contributed by atoms with Crippen LogP contribution in [0.2, 0.25) is 0 Å². The van der Waals surface area contributed by atoms with Gasteiger partial charge in [-0.3, -0.25) is 9.59 Å². The molecule has 0 N–H and O–H groups in total. The highest BCUT2D eigenvalue weighted by molar-refractivity contribution is 5.86. The molecule has 3 rings (SSSR count). The zero-order chi connectivity index (χ0) is 13.1. The molecule has 1 heterocycles. The third-order valence-electron chi connectivity index (χ3n) is 5.34. The zero-order valence-electron chi connectivity index (χ0n) is 11.4. The van der Waals surface area contributed by atoms with Crippen molar-refractivity contribution in [2.24, 2.45) is 29.1 Å². The molecule has 2 aliphatic carbocycles. The van der Waals surface area contributed by atoms with Gasteiger partial charge in [-0.2, -0.15) is 0 Å². The Kier molecular flexibility index (Phi) is 2.58. The van der Waals surface area contributed by atoms with Crippen LogP contribution in [0.3, 0.4) is 0 Å². The molecule has 1 aliphatic heterocycles. The summed E-state index contributed by atoms with van der Waals surface area (Å²) in [4.78, 5) is 24.5. The van der Waals surface area contributed by atoms with E-state index in [0.29, 0.717) is 5.78 Å². The van der Waals surface area contributed by atoms with Crippen molar-refractivity contribution in [3.63, 3.8) is 0 Å².